The number of ether oxygens (including phenoxy) is 1. The van der Waals surface area contributed by atoms with Gasteiger partial charge < -0.3 is 10.1 Å². The zero-order valence-electron chi connectivity index (χ0n) is 11.0. The monoisotopic (exact) mass is 245 g/mol. The van der Waals surface area contributed by atoms with E-state index in [0.29, 0.717) is 12.1 Å². The third-order valence-electron chi connectivity index (χ3n) is 3.34. The number of hydrogen-bond acceptors (Lipinski definition) is 3. The molecule has 1 rings (SSSR count). The second-order valence-corrected chi connectivity index (χ2v) is 5.87. The van der Waals surface area contributed by atoms with Crippen molar-refractivity contribution < 1.29 is 4.74 Å². The summed E-state index contributed by atoms with van der Waals surface area (Å²) in [6, 6.07) is 0.668. The summed E-state index contributed by atoms with van der Waals surface area (Å²) < 4.78 is 5.68. The molecule has 0 aromatic rings. The van der Waals surface area contributed by atoms with Crippen LogP contribution in [0.15, 0.2) is 0 Å². The summed E-state index contributed by atoms with van der Waals surface area (Å²) >= 11 is 2.10. The summed E-state index contributed by atoms with van der Waals surface area (Å²) in [7, 11) is 2.09. The summed E-state index contributed by atoms with van der Waals surface area (Å²) in [6.07, 6.45) is 6.85. The topological polar surface area (TPSA) is 21.3 Å². The van der Waals surface area contributed by atoms with E-state index in [1.165, 1.54) is 37.9 Å². The van der Waals surface area contributed by atoms with Crippen molar-refractivity contribution in [1.82, 2.24) is 5.32 Å². The van der Waals surface area contributed by atoms with Crippen LogP contribution in [0.5, 0.6) is 0 Å². The molecule has 2 nitrogen and oxygen atoms in total. The van der Waals surface area contributed by atoms with Gasteiger partial charge in [-0.1, -0.05) is 20.3 Å². The van der Waals surface area contributed by atoms with Crippen LogP contribution >= 0.6 is 11.8 Å². The maximum Gasteiger partial charge on any atom is 0.0666 e. The van der Waals surface area contributed by atoms with Gasteiger partial charge >= 0.3 is 0 Å². The van der Waals surface area contributed by atoms with E-state index in [-0.39, 0.29) is 0 Å². The predicted molar refractivity (Wildman–Crippen MR) is 73.3 cm³/mol. The third kappa shape index (κ3) is 4.64. The highest BCUT2D eigenvalue weighted by molar-refractivity contribution is 8.00. The standard InChI is InChI=1S/C13H27NOS/c1-4-7-12(14-3)13(5-2)16-10-11-8-6-9-15-11/h11-14H,4-10H2,1-3H3. The van der Waals surface area contributed by atoms with Gasteiger partial charge in [-0.25, -0.2) is 0 Å². The molecule has 1 N–H and O–H groups in total. The summed E-state index contributed by atoms with van der Waals surface area (Å²) in [4.78, 5) is 0. The first-order valence-electron chi connectivity index (χ1n) is 6.72. The minimum Gasteiger partial charge on any atom is -0.377 e. The predicted octanol–water partition coefficient (Wildman–Crippen LogP) is 3.07. The molecule has 1 heterocycles. The minimum atomic E-state index is 0.526. The first-order chi connectivity index (χ1) is 7.81. The molecule has 96 valence electrons. The highest BCUT2D eigenvalue weighted by atomic mass is 32.2. The molecule has 1 aliphatic rings. The lowest BCUT2D eigenvalue weighted by Crippen LogP contribution is -2.36. The number of rotatable bonds is 8. The Morgan fingerprint density at radius 2 is 2.25 bits per heavy atom. The van der Waals surface area contributed by atoms with Crippen molar-refractivity contribution in [3.63, 3.8) is 0 Å². The average molecular weight is 245 g/mol. The fourth-order valence-corrected chi connectivity index (χ4v) is 3.82. The van der Waals surface area contributed by atoms with Gasteiger partial charge in [0.2, 0.25) is 0 Å². The molecule has 0 saturated carbocycles. The highest BCUT2D eigenvalue weighted by Crippen LogP contribution is 2.25. The lowest BCUT2D eigenvalue weighted by molar-refractivity contribution is 0.128. The van der Waals surface area contributed by atoms with Crippen molar-refractivity contribution >= 4 is 11.8 Å². The van der Waals surface area contributed by atoms with Crippen LogP contribution in [-0.2, 0) is 4.74 Å². The van der Waals surface area contributed by atoms with Gasteiger partial charge in [-0.2, -0.15) is 11.8 Å². The molecule has 3 unspecified atom stereocenters. The molecule has 16 heavy (non-hydrogen) atoms. The minimum absolute atomic E-state index is 0.526. The first kappa shape index (κ1) is 14.3. The Balaban J connectivity index is 2.28. The largest absolute Gasteiger partial charge is 0.377 e. The van der Waals surface area contributed by atoms with Gasteiger partial charge in [0, 0.05) is 23.7 Å². The highest BCUT2D eigenvalue weighted by Gasteiger charge is 2.21. The molecule has 0 radical (unpaired) electrons. The summed E-state index contributed by atoms with van der Waals surface area (Å²) in [5.41, 5.74) is 0. The molecule has 3 heteroatoms. The fourth-order valence-electron chi connectivity index (χ4n) is 2.35. The van der Waals surface area contributed by atoms with Crippen LogP contribution in [0.3, 0.4) is 0 Å². The number of hydrogen-bond donors (Lipinski definition) is 1. The molecular weight excluding hydrogens is 218 g/mol. The van der Waals surface area contributed by atoms with E-state index in [2.05, 4.69) is 38.0 Å². The van der Waals surface area contributed by atoms with E-state index in [1.54, 1.807) is 0 Å². The van der Waals surface area contributed by atoms with Crippen molar-refractivity contribution in [3.05, 3.63) is 0 Å². The summed E-state index contributed by atoms with van der Waals surface area (Å²) in [5.74, 6) is 1.18. The Bertz CT molecular complexity index is 171. The van der Waals surface area contributed by atoms with Crippen LogP contribution in [0.25, 0.3) is 0 Å². The van der Waals surface area contributed by atoms with E-state index in [9.17, 15) is 0 Å². The van der Waals surface area contributed by atoms with E-state index in [4.69, 9.17) is 4.74 Å². The van der Waals surface area contributed by atoms with Gasteiger partial charge in [0.15, 0.2) is 0 Å². The van der Waals surface area contributed by atoms with Crippen molar-refractivity contribution in [3.8, 4) is 0 Å². The van der Waals surface area contributed by atoms with Crippen LogP contribution in [-0.4, -0.2) is 36.8 Å². The average Bonchev–Trinajstić information content (AvgIpc) is 2.81. The normalized spacial score (nSPS) is 24.6. The van der Waals surface area contributed by atoms with E-state index in [1.807, 2.05) is 0 Å². The fraction of sp³-hybridized carbons (Fsp3) is 1.00. The molecule has 0 amide bonds. The van der Waals surface area contributed by atoms with E-state index >= 15 is 0 Å². The smallest absolute Gasteiger partial charge is 0.0666 e. The van der Waals surface area contributed by atoms with Gasteiger partial charge in [0.05, 0.1) is 6.10 Å². The van der Waals surface area contributed by atoms with Crippen LogP contribution in [0.2, 0.25) is 0 Å². The Kier molecular flexibility index (Phi) is 7.50. The van der Waals surface area contributed by atoms with Crippen LogP contribution in [0.1, 0.15) is 46.0 Å². The van der Waals surface area contributed by atoms with E-state index in [0.717, 1.165) is 11.9 Å². The SMILES string of the molecule is CCCC(NC)C(CC)SCC1CCCO1. The zero-order valence-corrected chi connectivity index (χ0v) is 11.8. The van der Waals surface area contributed by atoms with E-state index < -0.39 is 0 Å². The molecule has 0 aromatic heterocycles. The molecule has 1 saturated heterocycles. The second kappa shape index (κ2) is 8.37. The van der Waals surface area contributed by atoms with Crippen LogP contribution in [0, 0.1) is 0 Å². The Hall–Kier alpha value is 0.270. The Labute approximate surface area is 105 Å². The quantitative estimate of drug-likeness (QED) is 0.710. The molecule has 0 bridgehead atoms. The van der Waals surface area contributed by atoms with Crippen LogP contribution in [0.4, 0.5) is 0 Å². The molecule has 3 atom stereocenters. The Morgan fingerprint density at radius 1 is 1.44 bits per heavy atom. The third-order valence-corrected chi connectivity index (χ3v) is 5.00. The van der Waals surface area contributed by atoms with Crippen molar-refractivity contribution in [2.75, 3.05) is 19.4 Å². The molecule has 1 aliphatic heterocycles. The summed E-state index contributed by atoms with van der Waals surface area (Å²) in [5, 5.41) is 4.21. The van der Waals surface area contributed by atoms with Gasteiger partial charge in [0.25, 0.3) is 0 Å². The van der Waals surface area contributed by atoms with Gasteiger partial charge in [-0.05, 0) is 32.7 Å². The molecular formula is C13H27NOS. The number of thioether (sulfide) groups is 1. The van der Waals surface area contributed by atoms with Gasteiger partial charge in [-0.3, -0.25) is 0 Å². The molecule has 0 aliphatic carbocycles. The van der Waals surface area contributed by atoms with Crippen LogP contribution < -0.4 is 5.32 Å². The second-order valence-electron chi connectivity index (χ2n) is 4.60. The van der Waals surface area contributed by atoms with Crippen molar-refractivity contribution in [1.29, 1.82) is 0 Å². The Morgan fingerprint density at radius 3 is 2.75 bits per heavy atom. The maximum absolute atomic E-state index is 5.68. The lowest BCUT2D eigenvalue weighted by Gasteiger charge is -2.26. The number of nitrogens with one attached hydrogen (secondary N) is 1. The maximum atomic E-state index is 5.68. The van der Waals surface area contributed by atoms with Gasteiger partial charge in [0.1, 0.15) is 0 Å². The summed E-state index contributed by atoms with van der Waals surface area (Å²) in [6.45, 7) is 5.54. The van der Waals surface area contributed by atoms with Crippen molar-refractivity contribution in [2.24, 2.45) is 0 Å². The molecule has 0 spiro atoms. The molecule has 0 aromatic carbocycles. The van der Waals surface area contributed by atoms with Gasteiger partial charge in [-0.15, -0.1) is 0 Å². The van der Waals surface area contributed by atoms with Crippen molar-refractivity contribution in [2.45, 2.75) is 63.3 Å². The zero-order chi connectivity index (χ0) is 11.8. The first-order valence-corrected chi connectivity index (χ1v) is 7.77. The molecule has 1 fully saturated rings. The lowest BCUT2D eigenvalue weighted by atomic mass is 10.1.